The number of rotatable bonds is 4. The molecule has 0 saturated carbocycles. The second-order valence-electron chi connectivity index (χ2n) is 4.23. The fourth-order valence-corrected chi connectivity index (χ4v) is 3.14. The van der Waals surface area contributed by atoms with Crippen molar-refractivity contribution in [2.75, 3.05) is 7.11 Å². The van der Waals surface area contributed by atoms with Crippen LogP contribution in [-0.4, -0.2) is 21.5 Å². The lowest BCUT2D eigenvalue weighted by Gasteiger charge is -2.07. The summed E-state index contributed by atoms with van der Waals surface area (Å²) in [5.41, 5.74) is 0.609. The van der Waals surface area contributed by atoms with E-state index in [0.717, 1.165) is 7.11 Å². The zero-order valence-electron chi connectivity index (χ0n) is 11.4. The first-order valence-electron chi connectivity index (χ1n) is 6.21. The van der Waals surface area contributed by atoms with Gasteiger partial charge < -0.3 is 4.74 Å². The Morgan fingerprint density at radius 2 is 1.48 bits per heavy atom. The molecule has 2 aromatic carbocycles. The molecular formula is C16H14O4S. The number of hydrogen-bond acceptors (Lipinski definition) is 4. The Hall–Kier alpha value is -2.40. The number of carbonyl (C=O) groups excluding carboxylic acids is 1. The van der Waals surface area contributed by atoms with Crippen LogP contribution in [0.4, 0.5) is 0 Å². The molecule has 0 aliphatic heterocycles. The van der Waals surface area contributed by atoms with E-state index < -0.39 is 15.8 Å². The normalized spacial score (nSPS) is 12.0. The smallest absolute Gasteiger partial charge is 0.349 e. The minimum absolute atomic E-state index is 0.0533. The summed E-state index contributed by atoms with van der Waals surface area (Å²) in [5.74, 6) is -0.886. The summed E-state index contributed by atoms with van der Waals surface area (Å²) >= 11 is 0. The maximum Gasteiger partial charge on any atom is 0.349 e. The molecule has 0 aliphatic rings. The molecule has 0 bridgehead atoms. The van der Waals surface area contributed by atoms with Crippen molar-refractivity contribution in [3.05, 3.63) is 71.1 Å². The Bertz CT molecular complexity index is 747. The van der Waals surface area contributed by atoms with E-state index in [-0.39, 0.29) is 9.80 Å². The highest BCUT2D eigenvalue weighted by molar-refractivity contribution is 7.96. The zero-order chi connectivity index (χ0) is 15.3. The number of sulfone groups is 1. The first-order chi connectivity index (χ1) is 10.1. The molecular weight excluding hydrogens is 288 g/mol. The van der Waals surface area contributed by atoms with Crippen molar-refractivity contribution in [1.29, 1.82) is 0 Å². The standard InChI is InChI=1S/C16H14O4S/c1-20-16(17)15(12-13-8-4-2-5-9-13)21(18,19)14-10-6-3-7-11-14/h2-12H,1H3/b15-12-. The van der Waals surface area contributed by atoms with Crippen LogP contribution in [0.2, 0.25) is 0 Å². The molecule has 0 spiro atoms. The number of hydrogen-bond donors (Lipinski definition) is 0. The summed E-state index contributed by atoms with van der Waals surface area (Å²) in [4.78, 5) is 11.5. The van der Waals surface area contributed by atoms with Crippen LogP contribution in [-0.2, 0) is 19.4 Å². The summed E-state index contributed by atoms with van der Waals surface area (Å²) in [5, 5.41) is 0. The van der Waals surface area contributed by atoms with Crippen molar-refractivity contribution in [3.8, 4) is 0 Å². The second kappa shape index (κ2) is 6.37. The quantitative estimate of drug-likeness (QED) is 0.643. The topological polar surface area (TPSA) is 60.4 Å². The highest BCUT2D eigenvalue weighted by Gasteiger charge is 2.27. The number of carbonyl (C=O) groups is 1. The Kier molecular flexibility index (Phi) is 4.55. The van der Waals surface area contributed by atoms with Gasteiger partial charge in [-0.1, -0.05) is 48.5 Å². The van der Waals surface area contributed by atoms with E-state index in [4.69, 9.17) is 0 Å². The number of benzene rings is 2. The Labute approximate surface area is 123 Å². The lowest BCUT2D eigenvalue weighted by molar-refractivity contribution is -0.135. The summed E-state index contributed by atoms with van der Waals surface area (Å²) < 4.78 is 29.7. The molecule has 0 fully saturated rings. The molecule has 0 aromatic heterocycles. The largest absolute Gasteiger partial charge is 0.465 e. The van der Waals surface area contributed by atoms with Crippen LogP contribution in [0.15, 0.2) is 70.5 Å². The Morgan fingerprint density at radius 3 is 2.00 bits per heavy atom. The van der Waals surface area contributed by atoms with Gasteiger partial charge >= 0.3 is 5.97 Å². The maximum atomic E-state index is 12.6. The predicted molar refractivity (Wildman–Crippen MR) is 80.1 cm³/mol. The van der Waals surface area contributed by atoms with Gasteiger partial charge in [-0.15, -0.1) is 0 Å². The highest BCUT2D eigenvalue weighted by atomic mass is 32.2. The Balaban J connectivity index is 2.57. The van der Waals surface area contributed by atoms with Gasteiger partial charge in [0.05, 0.1) is 12.0 Å². The molecule has 5 heteroatoms. The second-order valence-corrected chi connectivity index (χ2v) is 6.15. The molecule has 108 valence electrons. The van der Waals surface area contributed by atoms with Gasteiger partial charge in [0.25, 0.3) is 0 Å². The number of esters is 1. The maximum absolute atomic E-state index is 12.6. The summed E-state index contributed by atoms with van der Waals surface area (Å²) in [6, 6.07) is 16.5. The van der Waals surface area contributed by atoms with Gasteiger partial charge in [0.2, 0.25) is 9.84 Å². The number of ether oxygens (including phenoxy) is 1. The summed E-state index contributed by atoms with van der Waals surface area (Å²) in [6.45, 7) is 0. The molecule has 21 heavy (non-hydrogen) atoms. The van der Waals surface area contributed by atoms with Gasteiger partial charge in [0, 0.05) is 0 Å². The van der Waals surface area contributed by atoms with Gasteiger partial charge in [-0.25, -0.2) is 13.2 Å². The average molecular weight is 302 g/mol. The molecule has 0 saturated heterocycles. The lowest BCUT2D eigenvalue weighted by atomic mass is 10.2. The molecule has 0 unspecified atom stereocenters. The molecule has 0 amide bonds. The van der Waals surface area contributed by atoms with Gasteiger partial charge in [-0.05, 0) is 23.8 Å². The molecule has 2 rings (SSSR count). The van der Waals surface area contributed by atoms with Crippen molar-refractivity contribution >= 4 is 21.9 Å². The molecule has 4 nitrogen and oxygen atoms in total. The van der Waals surface area contributed by atoms with E-state index in [0.29, 0.717) is 5.56 Å². The van der Waals surface area contributed by atoms with Crippen molar-refractivity contribution in [1.82, 2.24) is 0 Å². The molecule has 2 aromatic rings. The average Bonchev–Trinajstić information content (AvgIpc) is 2.53. The van der Waals surface area contributed by atoms with Crippen LogP contribution in [0.25, 0.3) is 6.08 Å². The van der Waals surface area contributed by atoms with E-state index in [1.807, 2.05) is 0 Å². The van der Waals surface area contributed by atoms with E-state index in [1.54, 1.807) is 48.5 Å². The zero-order valence-corrected chi connectivity index (χ0v) is 12.2. The molecule has 0 atom stereocenters. The third kappa shape index (κ3) is 3.38. The minimum atomic E-state index is -3.92. The van der Waals surface area contributed by atoms with E-state index in [2.05, 4.69) is 4.74 Å². The fraction of sp³-hybridized carbons (Fsp3) is 0.0625. The lowest BCUT2D eigenvalue weighted by Crippen LogP contribution is -2.15. The van der Waals surface area contributed by atoms with Crippen molar-refractivity contribution < 1.29 is 17.9 Å². The van der Waals surface area contributed by atoms with Gasteiger partial charge in [-0.3, -0.25) is 0 Å². The first-order valence-corrected chi connectivity index (χ1v) is 7.69. The molecule has 0 N–H and O–H groups in total. The SMILES string of the molecule is COC(=O)/C(=C/c1ccccc1)S(=O)(=O)c1ccccc1. The van der Waals surface area contributed by atoms with Gasteiger partial charge in [-0.2, -0.15) is 0 Å². The predicted octanol–water partition coefficient (Wildman–Crippen LogP) is 2.67. The number of methoxy groups -OCH3 is 1. The summed E-state index contributed by atoms with van der Waals surface area (Å²) in [6.07, 6.45) is 1.31. The van der Waals surface area contributed by atoms with Crippen molar-refractivity contribution in [3.63, 3.8) is 0 Å². The van der Waals surface area contributed by atoms with Gasteiger partial charge in [0.15, 0.2) is 4.91 Å². The Morgan fingerprint density at radius 1 is 0.952 bits per heavy atom. The van der Waals surface area contributed by atoms with Crippen LogP contribution >= 0.6 is 0 Å². The van der Waals surface area contributed by atoms with E-state index >= 15 is 0 Å². The van der Waals surface area contributed by atoms with Crippen LogP contribution in [0.3, 0.4) is 0 Å². The van der Waals surface area contributed by atoms with Crippen molar-refractivity contribution in [2.45, 2.75) is 4.90 Å². The minimum Gasteiger partial charge on any atom is -0.465 e. The highest BCUT2D eigenvalue weighted by Crippen LogP contribution is 2.22. The monoisotopic (exact) mass is 302 g/mol. The van der Waals surface area contributed by atoms with Gasteiger partial charge in [0.1, 0.15) is 0 Å². The first kappa shape index (κ1) is 15.0. The third-order valence-electron chi connectivity index (χ3n) is 2.83. The van der Waals surface area contributed by atoms with Crippen LogP contribution in [0, 0.1) is 0 Å². The summed E-state index contributed by atoms with van der Waals surface area (Å²) in [7, 11) is -2.77. The van der Waals surface area contributed by atoms with E-state index in [9.17, 15) is 13.2 Å². The van der Waals surface area contributed by atoms with Crippen LogP contribution in [0.5, 0.6) is 0 Å². The van der Waals surface area contributed by atoms with E-state index in [1.165, 1.54) is 18.2 Å². The van der Waals surface area contributed by atoms with Crippen molar-refractivity contribution in [2.24, 2.45) is 0 Å². The molecule has 0 heterocycles. The van der Waals surface area contributed by atoms with Crippen LogP contribution < -0.4 is 0 Å². The van der Waals surface area contributed by atoms with Crippen LogP contribution in [0.1, 0.15) is 5.56 Å². The molecule has 0 radical (unpaired) electrons. The third-order valence-corrected chi connectivity index (χ3v) is 4.58. The molecule has 0 aliphatic carbocycles. The fourth-order valence-electron chi connectivity index (χ4n) is 1.77.